The topological polar surface area (TPSA) is 145 Å². The molecule has 1 fully saturated rings. The number of carbonyl (C=O) groups is 2. The Morgan fingerprint density at radius 1 is 0.568 bits per heavy atom. The minimum atomic E-state index is -1.05. The summed E-state index contributed by atoms with van der Waals surface area (Å²) in [6.07, 6.45) is -1.45. The van der Waals surface area contributed by atoms with E-state index in [9.17, 15) is 9.59 Å². The van der Waals surface area contributed by atoms with Crippen LogP contribution in [0.1, 0.15) is 6.42 Å². The molecule has 0 N–H and O–H groups in total. The molecule has 0 saturated heterocycles. The summed E-state index contributed by atoms with van der Waals surface area (Å²) in [5.41, 5.74) is 0. The molecule has 0 aromatic carbocycles. The van der Waals surface area contributed by atoms with E-state index in [4.69, 9.17) is 56.8 Å². The summed E-state index contributed by atoms with van der Waals surface area (Å²) >= 11 is 0. The van der Waals surface area contributed by atoms with Crippen LogP contribution in [0.15, 0.2) is 0 Å². The number of hydrogen-bond acceptors (Lipinski definition) is 14. The van der Waals surface area contributed by atoms with Crippen molar-refractivity contribution in [2.24, 2.45) is 11.8 Å². The van der Waals surface area contributed by atoms with E-state index in [1.165, 1.54) is 14.2 Å². The summed E-state index contributed by atoms with van der Waals surface area (Å²) in [6, 6.07) is 0. The summed E-state index contributed by atoms with van der Waals surface area (Å²) in [5, 5.41) is 0. The van der Waals surface area contributed by atoms with Crippen LogP contribution in [0.3, 0.4) is 0 Å². The maximum absolute atomic E-state index is 13.1. The van der Waals surface area contributed by atoms with Gasteiger partial charge in [0.1, 0.15) is 19.7 Å². The van der Waals surface area contributed by atoms with Crippen LogP contribution in [0.4, 0.5) is 0 Å². The minimum Gasteiger partial charge on any atom is -0.438 e. The molecule has 0 spiro atoms. The Morgan fingerprint density at radius 3 is 1.49 bits per heavy atom. The first-order valence-electron chi connectivity index (χ1n) is 11.9. The molecule has 0 heterocycles. The third kappa shape index (κ3) is 14.3. The van der Waals surface area contributed by atoms with Gasteiger partial charge in [0.15, 0.2) is 13.6 Å². The molecule has 0 radical (unpaired) electrons. The highest BCUT2D eigenvalue weighted by atomic mass is 16.7. The monoisotopic (exact) mass is 542 g/mol. The van der Waals surface area contributed by atoms with Gasteiger partial charge in [0, 0.05) is 28.4 Å². The molecular formula is C23H42O14. The molecule has 1 saturated carbocycles. The number of methoxy groups -OCH3 is 4. The van der Waals surface area contributed by atoms with Crippen LogP contribution >= 0.6 is 0 Å². The van der Waals surface area contributed by atoms with Gasteiger partial charge in [-0.2, -0.15) is 0 Å². The lowest BCUT2D eigenvalue weighted by Gasteiger charge is -2.25. The van der Waals surface area contributed by atoms with E-state index in [0.29, 0.717) is 33.0 Å². The van der Waals surface area contributed by atoms with Crippen molar-refractivity contribution in [2.45, 2.75) is 18.6 Å². The minimum absolute atomic E-state index is 0.0950. The molecule has 4 unspecified atom stereocenters. The van der Waals surface area contributed by atoms with Crippen LogP contribution in [0.2, 0.25) is 0 Å². The van der Waals surface area contributed by atoms with Crippen LogP contribution in [-0.4, -0.2) is 133 Å². The lowest BCUT2D eigenvalue weighted by atomic mass is 9.95. The van der Waals surface area contributed by atoms with Crippen LogP contribution in [-0.2, 0) is 66.4 Å². The van der Waals surface area contributed by atoms with Crippen molar-refractivity contribution in [3.05, 3.63) is 0 Å². The first kappa shape index (κ1) is 33.6. The van der Waals surface area contributed by atoms with E-state index >= 15 is 0 Å². The highest BCUT2D eigenvalue weighted by Gasteiger charge is 2.53. The molecule has 37 heavy (non-hydrogen) atoms. The average Bonchev–Trinajstić information content (AvgIpc) is 3.26. The van der Waals surface area contributed by atoms with Crippen molar-refractivity contribution in [1.29, 1.82) is 0 Å². The van der Waals surface area contributed by atoms with Crippen LogP contribution < -0.4 is 0 Å². The van der Waals surface area contributed by atoms with Gasteiger partial charge in [-0.25, -0.2) is 0 Å². The first-order valence-corrected chi connectivity index (χ1v) is 11.9. The van der Waals surface area contributed by atoms with Gasteiger partial charge in [0.05, 0.1) is 70.8 Å². The lowest BCUT2D eigenvalue weighted by Crippen LogP contribution is -2.40. The molecule has 1 aliphatic carbocycles. The zero-order chi connectivity index (χ0) is 27.1. The Morgan fingerprint density at radius 2 is 1.00 bits per heavy atom. The summed E-state index contributed by atoms with van der Waals surface area (Å²) < 4.78 is 63.1. The average molecular weight is 543 g/mol. The summed E-state index contributed by atoms with van der Waals surface area (Å²) in [5.74, 6) is -3.33. The highest BCUT2D eigenvalue weighted by Crippen LogP contribution is 2.38. The van der Waals surface area contributed by atoms with E-state index in [0.717, 1.165) is 0 Å². The summed E-state index contributed by atoms with van der Waals surface area (Å²) in [4.78, 5) is 26.0. The van der Waals surface area contributed by atoms with Crippen molar-refractivity contribution in [2.75, 3.05) is 108 Å². The van der Waals surface area contributed by atoms with Gasteiger partial charge in [-0.15, -0.1) is 0 Å². The zero-order valence-corrected chi connectivity index (χ0v) is 22.2. The standard InChI is InChI=1S/C23H42O14/c1-26-5-9-30-14-34-19-13-18(22(24)36-16-32-11-7-28-3)20(21(19)35-15-31-10-6-27-2)23(25)37-17-33-12-8-29-4/h18-21H,5-17H2,1-4H3. The SMILES string of the molecule is COCCOCOC(=O)C1CC(OCOCCOC)C(OCOCCOC)C1C(=O)OCOCCOC. The Hall–Kier alpha value is -1.46. The molecule has 1 rings (SSSR count). The molecule has 0 amide bonds. The third-order valence-electron chi connectivity index (χ3n) is 5.22. The fourth-order valence-corrected chi connectivity index (χ4v) is 3.38. The second-order valence-electron chi connectivity index (χ2n) is 7.71. The Kier molecular flexibility index (Phi) is 20.4. The van der Waals surface area contributed by atoms with Crippen molar-refractivity contribution in [1.82, 2.24) is 0 Å². The lowest BCUT2D eigenvalue weighted by molar-refractivity contribution is -0.190. The van der Waals surface area contributed by atoms with Crippen LogP contribution in [0.5, 0.6) is 0 Å². The molecule has 1 aliphatic rings. The zero-order valence-electron chi connectivity index (χ0n) is 22.2. The Bertz CT molecular complexity index is 578. The predicted octanol–water partition coefficient (Wildman–Crippen LogP) is -0.0387. The van der Waals surface area contributed by atoms with Gasteiger partial charge < -0.3 is 56.8 Å². The van der Waals surface area contributed by atoms with Gasteiger partial charge in [0.2, 0.25) is 0 Å². The van der Waals surface area contributed by atoms with Crippen molar-refractivity contribution < 1.29 is 66.4 Å². The van der Waals surface area contributed by atoms with Gasteiger partial charge in [0.25, 0.3) is 0 Å². The molecule has 0 aromatic heterocycles. The molecule has 218 valence electrons. The van der Waals surface area contributed by atoms with Crippen LogP contribution in [0.25, 0.3) is 0 Å². The predicted molar refractivity (Wildman–Crippen MR) is 124 cm³/mol. The van der Waals surface area contributed by atoms with E-state index in [1.807, 2.05) is 0 Å². The molecule has 0 bridgehead atoms. The van der Waals surface area contributed by atoms with Crippen molar-refractivity contribution in [3.63, 3.8) is 0 Å². The maximum Gasteiger partial charge on any atom is 0.314 e. The van der Waals surface area contributed by atoms with Gasteiger partial charge in [-0.05, 0) is 6.42 Å². The second kappa shape index (κ2) is 22.5. The van der Waals surface area contributed by atoms with Crippen LogP contribution in [0, 0.1) is 11.8 Å². The number of rotatable bonds is 24. The molecule has 4 atom stereocenters. The summed E-state index contributed by atoms with van der Waals surface area (Å²) in [7, 11) is 6.16. The number of esters is 2. The number of carbonyl (C=O) groups excluding carboxylic acids is 2. The third-order valence-corrected chi connectivity index (χ3v) is 5.22. The number of ether oxygens (including phenoxy) is 12. The normalized spacial score (nSPS) is 21.3. The fourth-order valence-electron chi connectivity index (χ4n) is 3.38. The molecule has 0 aromatic rings. The quantitative estimate of drug-likeness (QED) is 0.0913. The maximum atomic E-state index is 13.1. The van der Waals surface area contributed by atoms with Gasteiger partial charge in [-0.1, -0.05) is 0 Å². The largest absolute Gasteiger partial charge is 0.438 e. The van der Waals surface area contributed by atoms with Gasteiger partial charge >= 0.3 is 11.9 Å². The smallest absolute Gasteiger partial charge is 0.314 e. The van der Waals surface area contributed by atoms with E-state index < -0.39 is 36.0 Å². The van der Waals surface area contributed by atoms with E-state index in [1.54, 1.807) is 14.2 Å². The Balaban J connectivity index is 2.89. The highest BCUT2D eigenvalue weighted by molar-refractivity contribution is 5.83. The fraction of sp³-hybridized carbons (Fsp3) is 0.913. The van der Waals surface area contributed by atoms with E-state index in [2.05, 4.69) is 0 Å². The van der Waals surface area contributed by atoms with Gasteiger partial charge in [-0.3, -0.25) is 9.59 Å². The molecule has 14 heteroatoms. The molecule has 14 nitrogen and oxygen atoms in total. The van der Waals surface area contributed by atoms with Crippen molar-refractivity contribution >= 4 is 11.9 Å². The molecular weight excluding hydrogens is 500 g/mol. The summed E-state index contributed by atoms with van der Waals surface area (Å²) in [6.45, 7) is 1.63. The van der Waals surface area contributed by atoms with Crippen molar-refractivity contribution in [3.8, 4) is 0 Å². The Labute approximate surface area is 217 Å². The van der Waals surface area contributed by atoms with E-state index in [-0.39, 0.29) is 53.4 Å². The number of hydrogen-bond donors (Lipinski definition) is 0. The first-order chi connectivity index (χ1) is 18.1. The molecule has 0 aliphatic heterocycles. The second-order valence-corrected chi connectivity index (χ2v) is 7.71.